The van der Waals surface area contributed by atoms with E-state index < -0.39 is 5.03 Å². The third kappa shape index (κ3) is 5.97. The summed E-state index contributed by atoms with van der Waals surface area (Å²) < 4.78 is 0. The number of aromatic nitrogens is 1. The maximum absolute atomic E-state index is 10.0. The SMILES string of the molecule is NC(=NCCNCc1ccc(Cl)nc1)N[N+](=O)[O-]. The molecule has 0 aliphatic heterocycles. The van der Waals surface area contributed by atoms with E-state index in [0.717, 1.165) is 5.56 Å². The average Bonchev–Trinajstić information content (AvgIpc) is 2.30. The number of hydrogen-bond donors (Lipinski definition) is 3. The van der Waals surface area contributed by atoms with Gasteiger partial charge < -0.3 is 11.1 Å². The first-order chi connectivity index (χ1) is 8.58. The van der Waals surface area contributed by atoms with Gasteiger partial charge in [-0.05, 0) is 11.6 Å². The molecular formula is C9H13ClN6O2. The average molecular weight is 273 g/mol. The van der Waals surface area contributed by atoms with Gasteiger partial charge in [0.2, 0.25) is 0 Å². The lowest BCUT2D eigenvalue weighted by Crippen LogP contribution is -2.36. The Balaban J connectivity index is 2.19. The molecular weight excluding hydrogens is 260 g/mol. The highest BCUT2D eigenvalue weighted by Gasteiger charge is 1.97. The highest BCUT2D eigenvalue weighted by molar-refractivity contribution is 6.29. The molecule has 0 saturated heterocycles. The van der Waals surface area contributed by atoms with Crippen LogP contribution in [0.1, 0.15) is 5.56 Å². The van der Waals surface area contributed by atoms with Gasteiger partial charge in [-0.1, -0.05) is 23.1 Å². The number of nitrogens with zero attached hydrogens (tertiary/aromatic N) is 3. The van der Waals surface area contributed by atoms with Crippen LogP contribution in [0.15, 0.2) is 23.3 Å². The minimum atomic E-state index is -0.758. The van der Waals surface area contributed by atoms with Crippen molar-refractivity contribution in [3.8, 4) is 0 Å². The number of aliphatic imine (C=N–C) groups is 1. The van der Waals surface area contributed by atoms with Crippen LogP contribution < -0.4 is 16.5 Å². The zero-order valence-corrected chi connectivity index (χ0v) is 10.2. The number of nitro groups is 1. The summed E-state index contributed by atoms with van der Waals surface area (Å²) in [4.78, 5) is 17.7. The van der Waals surface area contributed by atoms with Gasteiger partial charge in [-0.3, -0.25) is 0 Å². The summed E-state index contributed by atoms with van der Waals surface area (Å²) in [5, 5.41) is 12.8. The first kappa shape index (κ1) is 14.1. The molecule has 0 radical (unpaired) electrons. The molecule has 0 amide bonds. The van der Waals surface area contributed by atoms with Crippen molar-refractivity contribution in [1.29, 1.82) is 0 Å². The summed E-state index contributed by atoms with van der Waals surface area (Å²) in [5.41, 5.74) is 7.97. The number of nitrogens with one attached hydrogen (secondary N) is 2. The number of guanidine groups is 1. The summed E-state index contributed by atoms with van der Waals surface area (Å²) in [6.45, 7) is 1.50. The minimum absolute atomic E-state index is 0.213. The van der Waals surface area contributed by atoms with Gasteiger partial charge in [0.1, 0.15) is 5.15 Å². The predicted molar refractivity (Wildman–Crippen MR) is 67.6 cm³/mol. The lowest BCUT2D eigenvalue weighted by Gasteiger charge is -2.03. The van der Waals surface area contributed by atoms with Crippen molar-refractivity contribution in [1.82, 2.24) is 15.7 Å². The van der Waals surface area contributed by atoms with Gasteiger partial charge in [-0.25, -0.2) is 20.1 Å². The lowest BCUT2D eigenvalue weighted by molar-refractivity contribution is -0.525. The Bertz CT molecular complexity index is 422. The van der Waals surface area contributed by atoms with Crippen LogP contribution in [0.2, 0.25) is 5.15 Å². The number of halogens is 1. The van der Waals surface area contributed by atoms with Crippen molar-refractivity contribution in [2.45, 2.75) is 6.54 Å². The van der Waals surface area contributed by atoms with Crippen molar-refractivity contribution in [2.75, 3.05) is 13.1 Å². The van der Waals surface area contributed by atoms with Gasteiger partial charge >= 0.3 is 0 Å². The van der Waals surface area contributed by atoms with Gasteiger partial charge in [0.05, 0.1) is 6.54 Å². The first-order valence-corrected chi connectivity index (χ1v) is 5.48. The fourth-order valence-corrected chi connectivity index (χ4v) is 1.24. The Morgan fingerprint density at radius 3 is 3.00 bits per heavy atom. The first-order valence-electron chi connectivity index (χ1n) is 5.10. The van der Waals surface area contributed by atoms with E-state index in [0.29, 0.717) is 24.8 Å². The van der Waals surface area contributed by atoms with Crippen LogP contribution in [0.4, 0.5) is 0 Å². The number of hydrazine groups is 1. The normalized spacial score (nSPS) is 11.3. The fraction of sp³-hybridized carbons (Fsp3) is 0.333. The lowest BCUT2D eigenvalue weighted by atomic mass is 10.3. The maximum atomic E-state index is 10.0. The molecule has 0 aliphatic carbocycles. The van der Waals surface area contributed by atoms with Crippen molar-refractivity contribution in [2.24, 2.45) is 10.7 Å². The van der Waals surface area contributed by atoms with Crippen LogP contribution >= 0.6 is 11.6 Å². The Morgan fingerprint density at radius 1 is 1.61 bits per heavy atom. The molecule has 4 N–H and O–H groups in total. The maximum Gasteiger partial charge on any atom is 0.251 e. The van der Waals surface area contributed by atoms with Gasteiger partial charge in [0, 0.05) is 19.3 Å². The Kier molecular flexibility index (Phi) is 5.81. The molecule has 0 atom stereocenters. The van der Waals surface area contributed by atoms with Gasteiger partial charge in [-0.2, -0.15) is 0 Å². The monoisotopic (exact) mass is 272 g/mol. The summed E-state index contributed by atoms with van der Waals surface area (Å²) in [7, 11) is 0. The van der Waals surface area contributed by atoms with Gasteiger partial charge in [0.25, 0.3) is 5.96 Å². The molecule has 1 heterocycles. The number of rotatable bonds is 6. The summed E-state index contributed by atoms with van der Waals surface area (Å²) in [5.74, 6) is -0.213. The van der Waals surface area contributed by atoms with E-state index in [1.54, 1.807) is 17.7 Å². The van der Waals surface area contributed by atoms with E-state index in [4.69, 9.17) is 17.3 Å². The molecule has 0 aliphatic rings. The van der Waals surface area contributed by atoms with E-state index in [1.807, 2.05) is 6.07 Å². The Morgan fingerprint density at radius 2 is 2.39 bits per heavy atom. The highest BCUT2D eigenvalue weighted by Crippen LogP contribution is 2.04. The van der Waals surface area contributed by atoms with Gasteiger partial charge in [-0.15, -0.1) is 0 Å². The zero-order valence-electron chi connectivity index (χ0n) is 9.47. The molecule has 18 heavy (non-hydrogen) atoms. The molecule has 1 rings (SSSR count). The van der Waals surface area contributed by atoms with Crippen molar-refractivity contribution < 1.29 is 5.03 Å². The molecule has 1 aromatic rings. The smallest absolute Gasteiger partial charge is 0.251 e. The van der Waals surface area contributed by atoms with Crippen molar-refractivity contribution in [3.05, 3.63) is 39.2 Å². The summed E-state index contributed by atoms with van der Waals surface area (Å²) in [6, 6.07) is 3.56. The molecule has 98 valence electrons. The molecule has 0 fully saturated rings. The standard InChI is InChI=1S/C9H13ClN6O2/c10-8-2-1-7(6-14-8)5-12-3-4-13-9(11)15-16(17)18/h1-2,6,12H,3-5H2,(H3,11,13,15). The van der Waals surface area contributed by atoms with Crippen LogP contribution in [0, 0.1) is 10.1 Å². The summed E-state index contributed by atoms with van der Waals surface area (Å²) >= 11 is 5.65. The van der Waals surface area contributed by atoms with Gasteiger partial charge in [0.15, 0.2) is 5.03 Å². The number of pyridine rings is 1. The number of nitrogens with two attached hydrogens (primary N) is 1. The molecule has 0 bridgehead atoms. The Hall–Kier alpha value is -1.93. The molecule has 0 aromatic carbocycles. The zero-order chi connectivity index (χ0) is 13.4. The van der Waals surface area contributed by atoms with E-state index in [2.05, 4.69) is 15.3 Å². The summed E-state index contributed by atoms with van der Waals surface area (Å²) in [6.07, 6.45) is 1.67. The predicted octanol–water partition coefficient (Wildman–Crippen LogP) is -0.0794. The second kappa shape index (κ2) is 7.41. The second-order valence-corrected chi connectivity index (χ2v) is 3.69. The van der Waals surface area contributed by atoms with Crippen LogP contribution in [-0.4, -0.2) is 29.1 Å². The van der Waals surface area contributed by atoms with Crippen molar-refractivity contribution >= 4 is 17.6 Å². The molecule has 9 heteroatoms. The molecule has 0 unspecified atom stereocenters. The minimum Gasteiger partial charge on any atom is -0.365 e. The molecule has 0 saturated carbocycles. The largest absolute Gasteiger partial charge is 0.365 e. The molecule has 8 nitrogen and oxygen atoms in total. The second-order valence-electron chi connectivity index (χ2n) is 3.30. The van der Waals surface area contributed by atoms with Crippen molar-refractivity contribution in [3.63, 3.8) is 0 Å². The third-order valence-electron chi connectivity index (χ3n) is 1.89. The van der Waals surface area contributed by atoms with Crippen LogP contribution in [0.25, 0.3) is 0 Å². The topological polar surface area (TPSA) is 118 Å². The van der Waals surface area contributed by atoms with E-state index >= 15 is 0 Å². The van der Waals surface area contributed by atoms with E-state index in [-0.39, 0.29) is 5.96 Å². The fourth-order valence-electron chi connectivity index (χ4n) is 1.13. The van der Waals surface area contributed by atoms with Crippen LogP contribution in [-0.2, 0) is 6.54 Å². The Labute approximate surface area is 108 Å². The molecule has 0 spiro atoms. The van der Waals surface area contributed by atoms with E-state index in [9.17, 15) is 10.1 Å². The third-order valence-corrected chi connectivity index (χ3v) is 2.12. The highest BCUT2D eigenvalue weighted by atomic mass is 35.5. The quantitative estimate of drug-likeness (QED) is 0.166. The van der Waals surface area contributed by atoms with E-state index in [1.165, 1.54) is 0 Å². The van der Waals surface area contributed by atoms with Crippen LogP contribution in [0.3, 0.4) is 0 Å². The number of hydrogen-bond acceptors (Lipinski definition) is 5. The van der Waals surface area contributed by atoms with Crippen LogP contribution in [0.5, 0.6) is 0 Å². The molecule has 1 aromatic heterocycles.